The van der Waals surface area contributed by atoms with Crippen molar-refractivity contribution in [3.8, 4) is 11.5 Å². The molecule has 1 heterocycles. The molecule has 7 nitrogen and oxygen atoms in total. The molecule has 186 valence electrons. The van der Waals surface area contributed by atoms with E-state index in [0.717, 1.165) is 24.1 Å². The number of nitrogens with zero attached hydrogens (tertiary/aromatic N) is 2. The third kappa shape index (κ3) is 6.50. The number of anilines is 1. The van der Waals surface area contributed by atoms with Crippen molar-refractivity contribution in [2.24, 2.45) is 0 Å². The molecule has 0 radical (unpaired) electrons. The molecule has 0 atom stereocenters. The lowest BCUT2D eigenvalue weighted by Crippen LogP contribution is -2.44. The molecule has 0 bridgehead atoms. The van der Waals surface area contributed by atoms with Gasteiger partial charge in [0.15, 0.2) is 0 Å². The summed E-state index contributed by atoms with van der Waals surface area (Å²) in [5.41, 5.74) is 4.34. The van der Waals surface area contributed by atoms with E-state index in [0.29, 0.717) is 17.2 Å². The molecule has 1 aromatic heterocycles. The zero-order valence-electron chi connectivity index (χ0n) is 20.8. The van der Waals surface area contributed by atoms with E-state index in [2.05, 4.69) is 22.4 Å². The lowest BCUT2D eigenvalue weighted by atomic mass is 10.1. The Hall–Kier alpha value is -4.13. The fourth-order valence-electron chi connectivity index (χ4n) is 4.18. The molecule has 7 heteroatoms. The molecule has 0 saturated carbocycles. The van der Waals surface area contributed by atoms with Crippen molar-refractivity contribution in [2.75, 3.05) is 5.32 Å². The van der Waals surface area contributed by atoms with Crippen LogP contribution in [0.2, 0.25) is 0 Å². The van der Waals surface area contributed by atoms with Gasteiger partial charge in [0.05, 0.1) is 12.2 Å². The van der Waals surface area contributed by atoms with Crippen LogP contribution in [0.25, 0.3) is 6.08 Å². The Balaban J connectivity index is 1.39. The molecule has 0 saturated heterocycles. The molecule has 0 unspecified atom stereocenters. The van der Waals surface area contributed by atoms with Gasteiger partial charge in [0, 0.05) is 29.6 Å². The number of aromatic nitrogens is 1. The lowest BCUT2D eigenvalue weighted by Gasteiger charge is -2.32. The van der Waals surface area contributed by atoms with Crippen LogP contribution >= 0.6 is 0 Å². The minimum Gasteiger partial charge on any atom is -0.465 e. The molecular formula is C29H31N3O4. The number of ether oxygens (including phenoxy) is 1. The van der Waals surface area contributed by atoms with E-state index in [1.165, 1.54) is 28.5 Å². The summed E-state index contributed by atoms with van der Waals surface area (Å²) in [4.78, 5) is 29.7. The third-order valence-corrected chi connectivity index (χ3v) is 6.04. The van der Waals surface area contributed by atoms with Gasteiger partial charge in [-0.2, -0.15) is 0 Å². The van der Waals surface area contributed by atoms with Crippen LogP contribution < -0.4 is 10.1 Å². The van der Waals surface area contributed by atoms with Gasteiger partial charge in [-0.3, -0.25) is 14.7 Å². The van der Waals surface area contributed by atoms with Gasteiger partial charge in [0.1, 0.15) is 11.5 Å². The highest BCUT2D eigenvalue weighted by atomic mass is 16.5. The molecule has 1 aliphatic carbocycles. The number of amides is 2. The maximum Gasteiger partial charge on any atom is 0.408 e. The zero-order chi connectivity index (χ0) is 25.7. The SMILES string of the molecule is CC(C)(C)N(Cc1cc(Oc2cccc(/C=C/C(=O)Nc3ccc4c(c3)CCC4)c2)ccn1)C(=O)O. The predicted molar refractivity (Wildman–Crippen MR) is 140 cm³/mol. The topological polar surface area (TPSA) is 91.8 Å². The monoisotopic (exact) mass is 485 g/mol. The van der Waals surface area contributed by atoms with Gasteiger partial charge in [0.2, 0.25) is 5.91 Å². The van der Waals surface area contributed by atoms with Crippen LogP contribution in [0.15, 0.2) is 66.9 Å². The Labute approximate surface area is 211 Å². The normalized spacial score (nSPS) is 12.9. The Bertz CT molecular complexity index is 1290. The average molecular weight is 486 g/mol. The largest absolute Gasteiger partial charge is 0.465 e. The third-order valence-electron chi connectivity index (χ3n) is 6.04. The van der Waals surface area contributed by atoms with Crippen molar-refractivity contribution in [3.05, 3.63) is 89.3 Å². The Kier molecular flexibility index (Phi) is 7.38. The lowest BCUT2D eigenvalue weighted by molar-refractivity contribution is -0.111. The summed E-state index contributed by atoms with van der Waals surface area (Å²) in [5.74, 6) is 0.953. The van der Waals surface area contributed by atoms with Gasteiger partial charge in [-0.05, 0) is 93.1 Å². The number of nitrogens with one attached hydrogen (secondary N) is 1. The molecule has 0 aliphatic heterocycles. The highest BCUT2D eigenvalue weighted by Gasteiger charge is 2.26. The molecule has 0 fully saturated rings. The average Bonchev–Trinajstić information content (AvgIpc) is 3.29. The van der Waals surface area contributed by atoms with E-state index in [4.69, 9.17) is 4.74 Å². The first kappa shape index (κ1) is 25.0. The number of carboxylic acid groups (broad SMARTS) is 1. The van der Waals surface area contributed by atoms with Crippen molar-refractivity contribution >= 4 is 23.8 Å². The fourth-order valence-corrected chi connectivity index (χ4v) is 4.18. The molecule has 0 spiro atoms. The van der Waals surface area contributed by atoms with E-state index in [1.807, 2.05) is 51.1 Å². The molecule has 1 aliphatic rings. The molecule has 36 heavy (non-hydrogen) atoms. The van der Waals surface area contributed by atoms with Gasteiger partial charge in [-0.1, -0.05) is 18.2 Å². The highest BCUT2D eigenvalue weighted by molar-refractivity contribution is 6.02. The van der Waals surface area contributed by atoms with Gasteiger partial charge in [0.25, 0.3) is 0 Å². The van der Waals surface area contributed by atoms with Gasteiger partial charge in [-0.25, -0.2) is 4.79 Å². The second-order valence-electron chi connectivity index (χ2n) is 9.86. The van der Waals surface area contributed by atoms with Crippen LogP contribution in [0.5, 0.6) is 11.5 Å². The first-order chi connectivity index (χ1) is 17.2. The van der Waals surface area contributed by atoms with E-state index in [-0.39, 0.29) is 12.5 Å². The van der Waals surface area contributed by atoms with Crippen molar-refractivity contribution in [1.29, 1.82) is 0 Å². The van der Waals surface area contributed by atoms with Gasteiger partial charge >= 0.3 is 6.09 Å². The standard InChI is InChI=1S/C29H31N3O4/c1-29(2,3)32(28(34)35)19-24-18-26(14-15-30-24)36-25-9-4-6-20(16-25)10-13-27(33)31-23-12-11-21-7-5-8-22(21)17-23/h4,6,9-18H,5,7-8,19H2,1-3H3,(H,31,33)(H,34,35)/b13-10+. The van der Waals surface area contributed by atoms with Crippen molar-refractivity contribution in [3.63, 3.8) is 0 Å². The quantitative estimate of drug-likeness (QED) is 0.384. The molecular weight excluding hydrogens is 454 g/mol. The molecule has 2 N–H and O–H groups in total. The number of pyridine rings is 1. The number of rotatable bonds is 7. The van der Waals surface area contributed by atoms with Crippen LogP contribution in [0.1, 0.15) is 49.6 Å². The van der Waals surface area contributed by atoms with Crippen LogP contribution in [-0.2, 0) is 24.2 Å². The summed E-state index contributed by atoms with van der Waals surface area (Å²) >= 11 is 0. The van der Waals surface area contributed by atoms with Crippen LogP contribution in [0, 0.1) is 0 Å². The number of carbonyl (C=O) groups excluding carboxylic acids is 1. The number of aryl methyl sites for hydroxylation is 2. The minimum absolute atomic E-state index is 0.151. The molecule has 2 amide bonds. The smallest absolute Gasteiger partial charge is 0.408 e. The molecule has 3 aromatic rings. The summed E-state index contributed by atoms with van der Waals surface area (Å²) in [7, 11) is 0. The summed E-state index contributed by atoms with van der Waals surface area (Å²) in [6.07, 6.45) is 7.18. The predicted octanol–water partition coefficient (Wildman–Crippen LogP) is 6.29. The van der Waals surface area contributed by atoms with Gasteiger partial charge in [-0.15, -0.1) is 0 Å². The van der Waals surface area contributed by atoms with Crippen LogP contribution in [-0.4, -0.2) is 32.5 Å². The molecule has 4 rings (SSSR count). The second kappa shape index (κ2) is 10.6. The Morgan fingerprint density at radius 3 is 2.61 bits per heavy atom. The summed E-state index contributed by atoms with van der Waals surface area (Å²) in [6, 6.07) is 16.9. The summed E-state index contributed by atoms with van der Waals surface area (Å²) in [6.45, 7) is 5.67. The Morgan fingerprint density at radius 1 is 1.06 bits per heavy atom. The van der Waals surface area contributed by atoms with Crippen LogP contribution in [0.3, 0.4) is 0 Å². The highest BCUT2D eigenvalue weighted by Crippen LogP contribution is 2.26. The van der Waals surface area contributed by atoms with Crippen LogP contribution in [0.4, 0.5) is 10.5 Å². The number of carbonyl (C=O) groups is 2. The minimum atomic E-state index is -1.00. The Morgan fingerprint density at radius 2 is 1.83 bits per heavy atom. The second-order valence-corrected chi connectivity index (χ2v) is 9.86. The fraction of sp³-hybridized carbons (Fsp3) is 0.276. The first-order valence-electron chi connectivity index (χ1n) is 12.0. The maximum absolute atomic E-state index is 12.4. The number of hydrogen-bond acceptors (Lipinski definition) is 4. The first-order valence-corrected chi connectivity index (χ1v) is 12.0. The number of hydrogen-bond donors (Lipinski definition) is 2. The number of benzene rings is 2. The number of fused-ring (bicyclic) bond motifs is 1. The zero-order valence-corrected chi connectivity index (χ0v) is 20.8. The van der Waals surface area contributed by atoms with Crippen molar-refractivity contribution in [1.82, 2.24) is 9.88 Å². The molecule has 2 aromatic carbocycles. The van der Waals surface area contributed by atoms with Crippen molar-refractivity contribution < 1.29 is 19.4 Å². The van der Waals surface area contributed by atoms with E-state index in [9.17, 15) is 14.7 Å². The van der Waals surface area contributed by atoms with E-state index in [1.54, 1.807) is 24.4 Å². The summed E-state index contributed by atoms with van der Waals surface area (Å²) < 4.78 is 5.99. The maximum atomic E-state index is 12.4. The van der Waals surface area contributed by atoms with E-state index >= 15 is 0 Å². The summed E-state index contributed by atoms with van der Waals surface area (Å²) in [5, 5.41) is 12.5. The van der Waals surface area contributed by atoms with Crippen molar-refractivity contribution in [2.45, 2.75) is 52.1 Å². The van der Waals surface area contributed by atoms with Gasteiger partial charge < -0.3 is 15.2 Å². The van der Waals surface area contributed by atoms with E-state index < -0.39 is 11.6 Å².